The number of hydrogen-bond donors (Lipinski definition) is 3. The van der Waals surface area contributed by atoms with Gasteiger partial charge in [0, 0.05) is 24.7 Å². The van der Waals surface area contributed by atoms with Crippen LogP contribution in [0.4, 0.5) is 0 Å². The van der Waals surface area contributed by atoms with E-state index in [4.69, 9.17) is 0 Å². The van der Waals surface area contributed by atoms with Crippen molar-refractivity contribution in [2.75, 3.05) is 0 Å². The molecule has 5 unspecified atom stereocenters. The number of hydrogen-bond acceptors (Lipinski definition) is 4. The first-order valence-electron chi connectivity index (χ1n) is 7.62. The molecule has 1 fully saturated rings. The molecule has 0 radical (unpaired) electrons. The van der Waals surface area contributed by atoms with Gasteiger partial charge in [-0.3, -0.25) is 0 Å². The van der Waals surface area contributed by atoms with Crippen LogP contribution in [0.15, 0.2) is 12.2 Å². The number of aliphatic hydroxyl groups excluding tert-OH is 2. The Morgan fingerprint density at radius 1 is 1.25 bits per heavy atom. The van der Waals surface area contributed by atoms with E-state index in [-0.39, 0.29) is 18.3 Å². The van der Waals surface area contributed by atoms with Gasteiger partial charge in [-0.25, -0.2) is 0 Å². The fourth-order valence-corrected chi connectivity index (χ4v) is 2.95. The fourth-order valence-electron chi connectivity index (χ4n) is 2.95. The van der Waals surface area contributed by atoms with E-state index >= 15 is 0 Å². The minimum atomic E-state index is -0.895. The highest BCUT2D eigenvalue weighted by Gasteiger charge is 2.40. The zero-order chi connectivity index (χ0) is 15.2. The summed E-state index contributed by atoms with van der Waals surface area (Å²) < 4.78 is 0. The molecule has 0 saturated heterocycles. The molecular formula is C16H28O4. The van der Waals surface area contributed by atoms with Gasteiger partial charge in [-0.2, -0.15) is 0 Å². The van der Waals surface area contributed by atoms with Crippen LogP contribution in [-0.2, 0) is 4.79 Å². The van der Waals surface area contributed by atoms with Gasteiger partial charge >= 0.3 is 0 Å². The first-order valence-corrected chi connectivity index (χ1v) is 7.62. The second-order valence-corrected chi connectivity index (χ2v) is 6.19. The molecule has 0 bridgehead atoms. The smallest absolute Gasteiger partial charge is 0.120 e. The molecule has 0 heterocycles. The van der Waals surface area contributed by atoms with E-state index in [1.165, 1.54) is 0 Å². The van der Waals surface area contributed by atoms with Gasteiger partial charge in [0.2, 0.25) is 0 Å². The van der Waals surface area contributed by atoms with E-state index in [2.05, 4.69) is 6.92 Å². The number of carbonyl (C=O) groups excluding carboxylic acids is 1. The minimum absolute atomic E-state index is 0.241. The third-order valence-electron chi connectivity index (χ3n) is 4.25. The maximum Gasteiger partial charge on any atom is 0.120 e. The lowest BCUT2D eigenvalue weighted by molar-refractivity contribution is -0.109. The van der Waals surface area contributed by atoms with Crippen molar-refractivity contribution in [2.45, 2.75) is 70.2 Å². The Kier molecular flexibility index (Phi) is 6.86. The fraction of sp³-hybridized carbons (Fsp3) is 0.812. The third-order valence-corrected chi connectivity index (χ3v) is 4.25. The molecule has 20 heavy (non-hydrogen) atoms. The van der Waals surface area contributed by atoms with Gasteiger partial charge in [-0.1, -0.05) is 38.3 Å². The van der Waals surface area contributed by atoms with Gasteiger partial charge in [0.05, 0.1) is 17.8 Å². The zero-order valence-corrected chi connectivity index (χ0v) is 12.5. The monoisotopic (exact) mass is 284 g/mol. The predicted molar refractivity (Wildman–Crippen MR) is 78.2 cm³/mol. The summed E-state index contributed by atoms with van der Waals surface area (Å²) in [7, 11) is 0. The van der Waals surface area contributed by atoms with E-state index in [9.17, 15) is 20.1 Å². The van der Waals surface area contributed by atoms with Crippen molar-refractivity contribution < 1.29 is 20.1 Å². The molecule has 1 aliphatic rings. The second-order valence-electron chi connectivity index (χ2n) is 6.19. The molecule has 116 valence electrons. The molecule has 0 aromatic rings. The molecule has 3 N–H and O–H groups in total. The standard InChI is InChI=1S/C16H28O4/c1-3-4-5-8-16(2,20)9-6-12-13(7-10-17)15(19)11-14(12)18/h6,9-10,12-15,18-20H,3-5,7-8,11H2,1-2H3. The maximum absolute atomic E-state index is 10.7. The van der Waals surface area contributed by atoms with Crippen LogP contribution in [0.25, 0.3) is 0 Å². The van der Waals surface area contributed by atoms with Crippen LogP contribution in [0, 0.1) is 11.8 Å². The second kappa shape index (κ2) is 7.91. The predicted octanol–water partition coefficient (Wildman–Crippen LogP) is 1.82. The lowest BCUT2D eigenvalue weighted by atomic mass is 9.88. The lowest BCUT2D eigenvalue weighted by Crippen LogP contribution is -2.24. The average Bonchev–Trinajstić information content (AvgIpc) is 2.63. The molecule has 0 aliphatic heterocycles. The molecule has 4 nitrogen and oxygen atoms in total. The summed E-state index contributed by atoms with van der Waals surface area (Å²) in [6, 6.07) is 0. The van der Waals surface area contributed by atoms with Crippen molar-refractivity contribution in [3.8, 4) is 0 Å². The highest BCUT2D eigenvalue weighted by molar-refractivity contribution is 5.50. The van der Waals surface area contributed by atoms with E-state index in [1.54, 1.807) is 19.1 Å². The molecule has 1 aliphatic carbocycles. The number of aliphatic hydroxyl groups is 3. The van der Waals surface area contributed by atoms with E-state index in [1.807, 2.05) is 0 Å². The molecule has 1 rings (SSSR count). The van der Waals surface area contributed by atoms with Crippen molar-refractivity contribution >= 4 is 6.29 Å². The number of rotatable bonds is 8. The largest absolute Gasteiger partial charge is 0.393 e. The summed E-state index contributed by atoms with van der Waals surface area (Å²) in [6.07, 6.45) is 7.36. The van der Waals surface area contributed by atoms with Crippen LogP contribution in [0.2, 0.25) is 0 Å². The summed E-state index contributed by atoms with van der Waals surface area (Å²) in [5.74, 6) is -0.502. The first-order chi connectivity index (χ1) is 9.41. The van der Waals surface area contributed by atoms with E-state index in [0.29, 0.717) is 12.8 Å². The van der Waals surface area contributed by atoms with Crippen molar-refractivity contribution in [1.29, 1.82) is 0 Å². The molecule has 1 saturated carbocycles. The van der Waals surface area contributed by atoms with Crippen LogP contribution in [0.3, 0.4) is 0 Å². The molecule has 0 spiro atoms. The number of carbonyl (C=O) groups is 1. The third kappa shape index (κ3) is 5.00. The van der Waals surface area contributed by atoms with Crippen LogP contribution < -0.4 is 0 Å². The number of aldehydes is 1. The highest BCUT2D eigenvalue weighted by atomic mass is 16.3. The number of unbranched alkanes of at least 4 members (excludes halogenated alkanes) is 2. The van der Waals surface area contributed by atoms with Crippen molar-refractivity contribution in [3.05, 3.63) is 12.2 Å². The molecule has 0 amide bonds. The lowest BCUT2D eigenvalue weighted by Gasteiger charge is -2.22. The maximum atomic E-state index is 10.7. The van der Waals surface area contributed by atoms with Gasteiger partial charge in [-0.15, -0.1) is 0 Å². The van der Waals surface area contributed by atoms with Gasteiger partial charge < -0.3 is 20.1 Å². The molecule has 0 aromatic heterocycles. The Morgan fingerprint density at radius 3 is 2.55 bits per heavy atom. The van der Waals surface area contributed by atoms with Crippen molar-refractivity contribution in [2.24, 2.45) is 11.8 Å². The quantitative estimate of drug-likeness (QED) is 0.361. The normalized spacial score (nSPS) is 33.5. The van der Waals surface area contributed by atoms with Crippen molar-refractivity contribution in [1.82, 2.24) is 0 Å². The Hall–Kier alpha value is -0.710. The van der Waals surface area contributed by atoms with Crippen LogP contribution in [0.1, 0.15) is 52.4 Å². The Labute approximate surface area is 121 Å². The molecule has 4 heteroatoms. The summed E-state index contributed by atoms with van der Waals surface area (Å²) in [6.45, 7) is 3.87. The first kappa shape index (κ1) is 17.3. The summed E-state index contributed by atoms with van der Waals surface area (Å²) in [4.78, 5) is 10.7. The van der Waals surface area contributed by atoms with Crippen LogP contribution in [0.5, 0.6) is 0 Å². The molecule has 0 aromatic carbocycles. The average molecular weight is 284 g/mol. The summed E-state index contributed by atoms with van der Waals surface area (Å²) in [5, 5.41) is 30.1. The zero-order valence-electron chi connectivity index (χ0n) is 12.5. The highest BCUT2D eigenvalue weighted by Crippen LogP contribution is 2.36. The van der Waals surface area contributed by atoms with Crippen molar-refractivity contribution in [3.63, 3.8) is 0 Å². The van der Waals surface area contributed by atoms with E-state index < -0.39 is 17.8 Å². The Bertz CT molecular complexity index is 324. The van der Waals surface area contributed by atoms with Gasteiger partial charge in [0.1, 0.15) is 6.29 Å². The van der Waals surface area contributed by atoms with Gasteiger partial charge in [-0.05, 0) is 13.3 Å². The molecular weight excluding hydrogens is 256 g/mol. The van der Waals surface area contributed by atoms with Crippen LogP contribution in [-0.4, -0.2) is 39.4 Å². The Balaban J connectivity index is 2.63. The summed E-state index contributed by atoms with van der Waals surface area (Å²) >= 11 is 0. The van der Waals surface area contributed by atoms with Gasteiger partial charge in [0.25, 0.3) is 0 Å². The molecule has 5 atom stereocenters. The van der Waals surface area contributed by atoms with Gasteiger partial charge in [0.15, 0.2) is 0 Å². The Morgan fingerprint density at radius 2 is 1.95 bits per heavy atom. The van der Waals surface area contributed by atoms with Crippen LogP contribution >= 0.6 is 0 Å². The summed E-state index contributed by atoms with van der Waals surface area (Å²) in [5.41, 5.74) is -0.895. The topological polar surface area (TPSA) is 77.8 Å². The SMILES string of the molecule is CCCCCC(C)(O)C=CC1C(O)CC(O)C1CC=O. The van der Waals surface area contributed by atoms with E-state index in [0.717, 1.165) is 25.5 Å². The minimum Gasteiger partial charge on any atom is -0.393 e.